The summed E-state index contributed by atoms with van der Waals surface area (Å²) in [4.78, 5) is 7.33. The number of anilines is 1. The molecule has 3 heterocycles. The number of nitrogens with zero attached hydrogens (tertiary/aromatic N) is 5. The van der Waals surface area contributed by atoms with Crippen molar-refractivity contribution in [3.8, 4) is 0 Å². The van der Waals surface area contributed by atoms with Gasteiger partial charge in [0.25, 0.3) is 0 Å². The molecule has 2 aliphatic rings. The smallest absolute Gasteiger partial charge is 0.151 e. The molecule has 1 aromatic heterocycles. The highest BCUT2D eigenvalue weighted by molar-refractivity contribution is 5.41. The van der Waals surface area contributed by atoms with Crippen molar-refractivity contribution in [2.24, 2.45) is 0 Å². The van der Waals surface area contributed by atoms with Crippen molar-refractivity contribution in [2.45, 2.75) is 13.0 Å². The molecule has 5 heteroatoms. The van der Waals surface area contributed by atoms with E-state index in [9.17, 15) is 0 Å². The zero-order valence-corrected chi connectivity index (χ0v) is 11.2. The molecule has 0 atom stereocenters. The highest BCUT2D eigenvalue weighted by Crippen LogP contribution is 2.22. The van der Waals surface area contributed by atoms with Gasteiger partial charge in [-0.3, -0.25) is 4.90 Å². The number of hydrogen-bond acceptors (Lipinski definition) is 5. The first-order valence-corrected chi connectivity index (χ1v) is 6.70. The van der Waals surface area contributed by atoms with Crippen LogP contribution in [0.15, 0.2) is 12.1 Å². The van der Waals surface area contributed by atoms with Crippen LogP contribution in [0.25, 0.3) is 0 Å². The Hall–Kier alpha value is -1.20. The standard InChI is InChI=1S/C13H21N5/c1-11-3-4-13(15-14-11)18-9-12(10-18)17-7-5-16(2)6-8-17/h3-4,12H,5-10H2,1-2H3. The van der Waals surface area contributed by atoms with Gasteiger partial charge < -0.3 is 9.80 Å². The van der Waals surface area contributed by atoms with Crippen LogP contribution in [0.3, 0.4) is 0 Å². The number of rotatable bonds is 2. The van der Waals surface area contributed by atoms with E-state index in [0.29, 0.717) is 6.04 Å². The van der Waals surface area contributed by atoms with Crippen molar-refractivity contribution in [3.63, 3.8) is 0 Å². The number of aryl methyl sites for hydroxylation is 1. The largest absolute Gasteiger partial charge is 0.352 e. The minimum atomic E-state index is 0.710. The zero-order chi connectivity index (χ0) is 12.5. The molecule has 2 fully saturated rings. The summed E-state index contributed by atoms with van der Waals surface area (Å²) in [5.41, 5.74) is 0.981. The Morgan fingerprint density at radius 1 is 1.06 bits per heavy atom. The van der Waals surface area contributed by atoms with Crippen LogP contribution in [0.4, 0.5) is 5.82 Å². The summed E-state index contributed by atoms with van der Waals surface area (Å²) in [6, 6.07) is 4.82. The van der Waals surface area contributed by atoms with Gasteiger partial charge >= 0.3 is 0 Å². The van der Waals surface area contributed by atoms with Crippen LogP contribution in [0, 0.1) is 6.92 Å². The normalized spacial score (nSPS) is 23.1. The first kappa shape index (κ1) is 11.9. The van der Waals surface area contributed by atoms with E-state index in [2.05, 4.69) is 38.0 Å². The molecule has 0 N–H and O–H groups in total. The maximum atomic E-state index is 4.24. The van der Waals surface area contributed by atoms with E-state index in [4.69, 9.17) is 0 Å². The second-order valence-electron chi connectivity index (χ2n) is 5.43. The van der Waals surface area contributed by atoms with E-state index in [1.54, 1.807) is 0 Å². The Balaban J connectivity index is 1.52. The van der Waals surface area contributed by atoms with Gasteiger partial charge in [0, 0.05) is 45.3 Å². The van der Waals surface area contributed by atoms with Crippen molar-refractivity contribution in [1.29, 1.82) is 0 Å². The minimum absolute atomic E-state index is 0.710. The maximum Gasteiger partial charge on any atom is 0.151 e. The van der Waals surface area contributed by atoms with Crippen LogP contribution in [0.2, 0.25) is 0 Å². The lowest BCUT2D eigenvalue weighted by atomic mass is 10.1. The van der Waals surface area contributed by atoms with Crippen molar-refractivity contribution in [2.75, 3.05) is 51.2 Å². The van der Waals surface area contributed by atoms with E-state index in [1.807, 2.05) is 13.0 Å². The van der Waals surface area contributed by atoms with Crippen LogP contribution in [0.1, 0.15) is 5.69 Å². The predicted molar refractivity (Wildman–Crippen MR) is 71.8 cm³/mol. The van der Waals surface area contributed by atoms with Gasteiger partial charge in [0.1, 0.15) is 0 Å². The van der Waals surface area contributed by atoms with Gasteiger partial charge in [-0.25, -0.2) is 0 Å². The molecule has 2 aliphatic heterocycles. The minimum Gasteiger partial charge on any atom is -0.352 e. The van der Waals surface area contributed by atoms with Gasteiger partial charge in [0.05, 0.1) is 5.69 Å². The monoisotopic (exact) mass is 247 g/mol. The zero-order valence-electron chi connectivity index (χ0n) is 11.2. The Labute approximate surface area is 108 Å². The highest BCUT2D eigenvalue weighted by atomic mass is 15.4. The molecule has 0 bridgehead atoms. The fraction of sp³-hybridized carbons (Fsp3) is 0.692. The number of hydrogen-bond donors (Lipinski definition) is 0. The molecular formula is C13H21N5. The van der Waals surface area contributed by atoms with Crippen LogP contribution < -0.4 is 4.90 Å². The van der Waals surface area contributed by atoms with Gasteiger partial charge in [-0.1, -0.05) is 0 Å². The van der Waals surface area contributed by atoms with Crippen LogP contribution in [-0.2, 0) is 0 Å². The van der Waals surface area contributed by atoms with Gasteiger partial charge in [-0.15, -0.1) is 5.10 Å². The molecule has 0 amide bonds. The summed E-state index contributed by atoms with van der Waals surface area (Å²) in [7, 11) is 2.20. The van der Waals surface area contributed by atoms with Crippen molar-refractivity contribution in [3.05, 3.63) is 17.8 Å². The molecule has 0 aromatic carbocycles. The van der Waals surface area contributed by atoms with E-state index in [-0.39, 0.29) is 0 Å². The van der Waals surface area contributed by atoms with Gasteiger partial charge in [0.2, 0.25) is 0 Å². The molecule has 0 aliphatic carbocycles. The fourth-order valence-corrected chi connectivity index (χ4v) is 2.62. The summed E-state index contributed by atoms with van der Waals surface area (Å²) >= 11 is 0. The lowest BCUT2D eigenvalue weighted by Crippen LogP contribution is -2.63. The third-order valence-corrected chi connectivity index (χ3v) is 4.02. The highest BCUT2D eigenvalue weighted by Gasteiger charge is 2.33. The molecule has 3 rings (SSSR count). The van der Waals surface area contributed by atoms with Crippen LogP contribution in [0.5, 0.6) is 0 Å². The average molecular weight is 247 g/mol. The Kier molecular flexibility index (Phi) is 3.18. The first-order valence-electron chi connectivity index (χ1n) is 6.70. The first-order chi connectivity index (χ1) is 8.72. The summed E-state index contributed by atoms with van der Waals surface area (Å²) in [5.74, 6) is 1.02. The molecule has 0 radical (unpaired) electrons. The molecule has 5 nitrogen and oxygen atoms in total. The number of aromatic nitrogens is 2. The summed E-state index contributed by atoms with van der Waals surface area (Å²) in [5, 5.41) is 8.36. The summed E-state index contributed by atoms with van der Waals surface area (Å²) in [6.07, 6.45) is 0. The summed E-state index contributed by atoms with van der Waals surface area (Å²) < 4.78 is 0. The number of likely N-dealkylation sites (N-methyl/N-ethyl adjacent to an activating group) is 1. The van der Waals surface area contributed by atoms with Crippen LogP contribution >= 0.6 is 0 Å². The average Bonchev–Trinajstić information content (AvgIpc) is 2.32. The van der Waals surface area contributed by atoms with Crippen molar-refractivity contribution in [1.82, 2.24) is 20.0 Å². The van der Waals surface area contributed by atoms with E-state index >= 15 is 0 Å². The van der Waals surface area contributed by atoms with Crippen molar-refractivity contribution < 1.29 is 0 Å². The molecular weight excluding hydrogens is 226 g/mol. The Bertz CT molecular complexity index is 390. The lowest BCUT2D eigenvalue weighted by Gasteiger charge is -2.48. The topological polar surface area (TPSA) is 35.5 Å². The van der Waals surface area contributed by atoms with E-state index < -0.39 is 0 Å². The summed E-state index contributed by atoms with van der Waals surface area (Å²) in [6.45, 7) is 8.97. The quantitative estimate of drug-likeness (QED) is 0.747. The Morgan fingerprint density at radius 2 is 1.78 bits per heavy atom. The van der Waals surface area contributed by atoms with Gasteiger partial charge in [-0.05, 0) is 26.1 Å². The molecule has 18 heavy (non-hydrogen) atoms. The SMILES string of the molecule is Cc1ccc(N2CC(N3CCN(C)CC3)C2)nn1. The molecule has 0 unspecified atom stereocenters. The molecule has 0 saturated carbocycles. The molecule has 0 spiro atoms. The van der Waals surface area contributed by atoms with Crippen molar-refractivity contribution >= 4 is 5.82 Å². The Morgan fingerprint density at radius 3 is 2.39 bits per heavy atom. The van der Waals surface area contributed by atoms with Gasteiger partial charge in [0.15, 0.2) is 5.82 Å². The second-order valence-corrected chi connectivity index (χ2v) is 5.43. The number of piperazine rings is 1. The molecule has 2 saturated heterocycles. The third kappa shape index (κ3) is 2.33. The predicted octanol–water partition coefficient (Wildman–Crippen LogP) is 0.221. The molecule has 98 valence electrons. The van der Waals surface area contributed by atoms with E-state index in [1.165, 1.54) is 26.2 Å². The fourth-order valence-electron chi connectivity index (χ4n) is 2.62. The second kappa shape index (κ2) is 4.82. The van der Waals surface area contributed by atoms with Crippen LogP contribution in [-0.4, -0.2) is 72.4 Å². The maximum absolute atomic E-state index is 4.24. The third-order valence-electron chi connectivity index (χ3n) is 4.02. The lowest BCUT2D eigenvalue weighted by molar-refractivity contribution is 0.0960. The molecule has 1 aromatic rings. The van der Waals surface area contributed by atoms with E-state index in [0.717, 1.165) is 24.6 Å². The van der Waals surface area contributed by atoms with Gasteiger partial charge in [-0.2, -0.15) is 5.10 Å².